The second-order valence-electron chi connectivity index (χ2n) is 10.2. The van der Waals surface area contributed by atoms with E-state index in [-0.39, 0.29) is 11.9 Å². The van der Waals surface area contributed by atoms with Gasteiger partial charge in [0.2, 0.25) is 5.91 Å². The molecule has 1 aromatic carbocycles. The highest BCUT2D eigenvalue weighted by atomic mass is 16.1. The average Bonchev–Trinajstić information content (AvgIpc) is 2.71. The van der Waals surface area contributed by atoms with E-state index in [0.29, 0.717) is 6.42 Å². The maximum atomic E-state index is 12.3. The smallest absolute Gasteiger partial charge is 0.220 e. The number of nitrogens with zero attached hydrogens (tertiary/aromatic N) is 1. The van der Waals surface area contributed by atoms with Gasteiger partial charge in [-0.25, -0.2) is 0 Å². The predicted octanol–water partition coefficient (Wildman–Crippen LogP) is 7.25. The van der Waals surface area contributed by atoms with E-state index in [4.69, 9.17) is 0 Å². The van der Waals surface area contributed by atoms with E-state index in [2.05, 4.69) is 63.6 Å². The zero-order chi connectivity index (χ0) is 22.8. The molecule has 0 heterocycles. The Balaban J connectivity index is 1.99. The molecule has 31 heavy (non-hydrogen) atoms. The lowest BCUT2D eigenvalue weighted by Gasteiger charge is -2.32. The quantitative estimate of drug-likeness (QED) is 0.181. The maximum absolute atomic E-state index is 12.3. The summed E-state index contributed by atoms with van der Waals surface area (Å²) in [5.41, 5.74) is 1.35. The zero-order valence-electron chi connectivity index (χ0n) is 21.1. The van der Waals surface area contributed by atoms with Gasteiger partial charge in [-0.05, 0) is 13.3 Å². The van der Waals surface area contributed by atoms with Gasteiger partial charge in [-0.3, -0.25) is 4.79 Å². The number of nitrogens with one attached hydrogen (secondary N) is 1. The van der Waals surface area contributed by atoms with Crippen LogP contribution in [0.3, 0.4) is 0 Å². The van der Waals surface area contributed by atoms with Crippen molar-refractivity contribution in [3.63, 3.8) is 0 Å². The van der Waals surface area contributed by atoms with Gasteiger partial charge < -0.3 is 9.80 Å². The summed E-state index contributed by atoms with van der Waals surface area (Å²) in [6.45, 7) is 6.34. The fourth-order valence-electron chi connectivity index (χ4n) is 4.58. The SMILES string of the molecule is CCCCCCCCCCCCCCCC(=O)NC(C)C[N+](C)(C)Cc1ccccc1. The third-order valence-corrected chi connectivity index (χ3v) is 6.14. The molecule has 0 fully saturated rings. The Morgan fingerprint density at radius 2 is 1.29 bits per heavy atom. The summed E-state index contributed by atoms with van der Waals surface area (Å²) in [4.78, 5) is 12.3. The topological polar surface area (TPSA) is 29.1 Å². The second kappa shape index (κ2) is 17.2. The van der Waals surface area contributed by atoms with Gasteiger partial charge in [-0.15, -0.1) is 0 Å². The van der Waals surface area contributed by atoms with E-state index in [1.165, 1.54) is 82.6 Å². The van der Waals surface area contributed by atoms with E-state index >= 15 is 0 Å². The van der Waals surface area contributed by atoms with Gasteiger partial charge in [0, 0.05) is 12.0 Å². The lowest BCUT2D eigenvalue weighted by atomic mass is 10.0. The molecule has 0 bridgehead atoms. The molecule has 3 nitrogen and oxygen atoms in total. The first-order valence-electron chi connectivity index (χ1n) is 13.1. The first kappa shape index (κ1) is 27.7. The Kier molecular flexibility index (Phi) is 15.4. The molecule has 0 saturated heterocycles. The normalized spacial score (nSPS) is 12.6. The molecule has 0 radical (unpaired) electrons. The molecule has 0 saturated carbocycles. The third kappa shape index (κ3) is 16.0. The van der Waals surface area contributed by atoms with Crippen LogP contribution in [0, 0.1) is 0 Å². The van der Waals surface area contributed by atoms with Crippen molar-refractivity contribution < 1.29 is 9.28 Å². The summed E-state index contributed by atoms with van der Waals surface area (Å²) in [5, 5.41) is 3.21. The van der Waals surface area contributed by atoms with Crippen LogP contribution in [0.4, 0.5) is 0 Å². The number of carbonyl (C=O) groups is 1. The largest absolute Gasteiger partial charge is 0.348 e. The minimum atomic E-state index is 0.202. The van der Waals surface area contributed by atoms with Gasteiger partial charge in [0.1, 0.15) is 6.54 Å². The van der Waals surface area contributed by atoms with Crippen LogP contribution in [-0.4, -0.2) is 37.1 Å². The molecule has 0 aliphatic heterocycles. The lowest BCUT2D eigenvalue weighted by Crippen LogP contribution is -2.49. The number of likely N-dealkylation sites (N-methyl/N-ethyl adjacent to an activating group) is 1. The van der Waals surface area contributed by atoms with Crippen LogP contribution >= 0.6 is 0 Å². The molecule has 1 unspecified atom stereocenters. The van der Waals surface area contributed by atoms with Crippen LogP contribution in [0.25, 0.3) is 0 Å². The Morgan fingerprint density at radius 1 is 0.806 bits per heavy atom. The standard InChI is InChI=1S/C28H50N2O/c1-5-6-7-8-9-10-11-12-13-14-15-16-20-23-28(31)29-26(2)24-30(3,4)25-27-21-18-17-19-22-27/h17-19,21-22,26H,5-16,20,23-25H2,1-4H3/p+1. The van der Waals surface area contributed by atoms with E-state index in [0.717, 1.165) is 24.0 Å². The van der Waals surface area contributed by atoms with Crippen molar-refractivity contribution in [1.29, 1.82) is 0 Å². The summed E-state index contributed by atoms with van der Waals surface area (Å²) in [6.07, 6.45) is 18.1. The van der Waals surface area contributed by atoms with E-state index in [9.17, 15) is 4.79 Å². The molecule has 0 aliphatic rings. The molecule has 1 amide bonds. The minimum absolute atomic E-state index is 0.202. The molecule has 1 aromatic rings. The van der Waals surface area contributed by atoms with E-state index in [1.807, 2.05) is 0 Å². The number of unbranched alkanes of at least 4 members (excludes halogenated alkanes) is 12. The Hall–Kier alpha value is -1.35. The zero-order valence-corrected chi connectivity index (χ0v) is 21.1. The van der Waals surface area contributed by atoms with Gasteiger partial charge in [-0.1, -0.05) is 114 Å². The van der Waals surface area contributed by atoms with Crippen molar-refractivity contribution in [2.75, 3.05) is 20.6 Å². The van der Waals surface area contributed by atoms with Crippen molar-refractivity contribution in [2.45, 2.75) is 116 Å². The highest BCUT2D eigenvalue weighted by Gasteiger charge is 2.20. The lowest BCUT2D eigenvalue weighted by molar-refractivity contribution is -0.904. The van der Waals surface area contributed by atoms with Crippen LogP contribution in [0.5, 0.6) is 0 Å². The number of rotatable bonds is 19. The summed E-state index contributed by atoms with van der Waals surface area (Å²) >= 11 is 0. The Bertz CT molecular complexity index is 555. The summed E-state index contributed by atoms with van der Waals surface area (Å²) < 4.78 is 0.879. The average molecular weight is 432 g/mol. The number of hydrogen-bond acceptors (Lipinski definition) is 1. The van der Waals surface area contributed by atoms with Gasteiger partial charge in [-0.2, -0.15) is 0 Å². The molecule has 1 N–H and O–H groups in total. The fraction of sp³-hybridized carbons (Fsp3) is 0.750. The number of hydrogen-bond donors (Lipinski definition) is 1. The van der Waals surface area contributed by atoms with E-state index in [1.54, 1.807) is 0 Å². The summed E-state index contributed by atoms with van der Waals surface area (Å²) in [7, 11) is 4.48. The first-order valence-corrected chi connectivity index (χ1v) is 13.1. The molecule has 0 spiro atoms. The van der Waals surface area contributed by atoms with Crippen LogP contribution in [0.1, 0.15) is 109 Å². The molecule has 1 rings (SSSR count). The minimum Gasteiger partial charge on any atom is -0.348 e. The number of benzene rings is 1. The number of amides is 1. The monoisotopic (exact) mass is 431 g/mol. The molecule has 178 valence electrons. The van der Waals surface area contributed by atoms with Crippen LogP contribution < -0.4 is 5.32 Å². The van der Waals surface area contributed by atoms with E-state index < -0.39 is 0 Å². The van der Waals surface area contributed by atoms with Crippen LogP contribution in [0.15, 0.2) is 30.3 Å². The Morgan fingerprint density at radius 3 is 1.81 bits per heavy atom. The molecular formula is C28H51N2O+. The fourth-order valence-corrected chi connectivity index (χ4v) is 4.58. The predicted molar refractivity (Wildman–Crippen MR) is 135 cm³/mol. The highest BCUT2D eigenvalue weighted by molar-refractivity contribution is 5.76. The van der Waals surface area contributed by atoms with Gasteiger partial charge >= 0.3 is 0 Å². The summed E-state index contributed by atoms with van der Waals surface area (Å²) in [6, 6.07) is 10.8. The van der Waals surface area contributed by atoms with Crippen molar-refractivity contribution in [3.05, 3.63) is 35.9 Å². The van der Waals surface area contributed by atoms with Crippen LogP contribution in [-0.2, 0) is 11.3 Å². The van der Waals surface area contributed by atoms with Gasteiger partial charge in [0.15, 0.2) is 0 Å². The van der Waals surface area contributed by atoms with Gasteiger partial charge in [0.25, 0.3) is 0 Å². The van der Waals surface area contributed by atoms with Crippen molar-refractivity contribution in [3.8, 4) is 0 Å². The third-order valence-electron chi connectivity index (χ3n) is 6.14. The number of carbonyl (C=O) groups excluding carboxylic acids is 1. The maximum Gasteiger partial charge on any atom is 0.220 e. The van der Waals surface area contributed by atoms with Crippen molar-refractivity contribution in [1.82, 2.24) is 5.32 Å². The molecule has 0 aromatic heterocycles. The molecule has 3 heteroatoms. The second-order valence-corrected chi connectivity index (χ2v) is 10.2. The van der Waals surface area contributed by atoms with Crippen molar-refractivity contribution >= 4 is 5.91 Å². The molecular weight excluding hydrogens is 380 g/mol. The summed E-state index contributed by atoms with van der Waals surface area (Å²) in [5.74, 6) is 0.218. The first-order chi connectivity index (χ1) is 14.9. The Labute approximate surface area is 193 Å². The molecule has 0 aliphatic carbocycles. The highest BCUT2D eigenvalue weighted by Crippen LogP contribution is 2.13. The van der Waals surface area contributed by atoms with Crippen molar-refractivity contribution in [2.24, 2.45) is 0 Å². The molecule has 1 atom stereocenters. The number of quaternary nitrogens is 1. The van der Waals surface area contributed by atoms with Gasteiger partial charge in [0.05, 0.1) is 26.7 Å². The van der Waals surface area contributed by atoms with Crippen LogP contribution in [0.2, 0.25) is 0 Å².